The number of ketones is 1. The van der Waals surface area contributed by atoms with Crippen LogP contribution in [-0.2, 0) is 10.2 Å². The van der Waals surface area contributed by atoms with Gasteiger partial charge in [0.25, 0.3) is 0 Å². The Hall–Kier alpha value is -2.34. The zero-order valence-corrected chi connectivity index (χ0v) is 15.7. The minimum atomic E-state index is -0.198. The number of aromatic nitrogens is 2. The number of aryl methyl sites for hydroxylation is 1. The minimum absolute atomic E-state index is 0.0383. The molecule has 1 aliphatic rings. The van der Waals surface area contributed by atoms with Crippen molar-refractivity contribution in [1.29, 1.82) is 0 Å². The van der Waals surface area contributed by atoms with Gasteiger partial charge in [-0.2, -0.15) is 0 Å². The molecule has 130 valence electrons. The molecule has 0 amide bonds. The number of hydrogen-bond acceptors (Lipinski definition) is 6. The first-order chi connectivity index (χ1) is 11.8. The topological polar surface area (TPSA) is 72.1 Å². The molecule has 1 aromatic carbocycles. The van der Waals surface area contributed by atoms with Gasteiger partial charge >= 0.3 is 0 Å². The Morgan fingerprint density at radius 1 is 1.32 bits per heavy atom. The monoisotopic (exact) mass is 354 g/mol. The molecule has 0 spiro atoms. The third-order valence-electron chi connectivity index (χ3n) is 4.44. The Kier molecular flexibility index (Phi) is 4.56. The van der Waals surface area contributed by atoms with E-state index >= 15 is 0 Å². The molecule has 5 nitrogen and oxygen atoms in total. The molecule has 0 saturated heterocycles. The third kappa shape index (κ3) is 3.39. The van der Waals surface area contributed by atoms with Crippen LogP contribution < -0.4 is 10.6 Å². The lowest BCUT2D eigenvalue weighted by molar-refractivity contribution is -0.112. The maximum atomic E-state index is 12.5. The summed E-state index contributed by atoms with van der Waals surface area (Å²) in [4.78, 5) is 23.1. The van der Waals surface area contributed by atoms with Gasteiger partial charge in [-0.25, -0.2) is 9.97 Å². The molecule has 1 aliphatic heterocycles. The fraction of sp³-hybridized carbons (Fsp3) is 0.316. The number of nitrogens with zero attached hydrogens (tertiary/aromatic N) is 3. The Bertz CT molecular complexity index is 840. The maximum absolute atomic E-state index is 12.5. The second-order valence-electron chi connectivity index (χ2n) is 6.70. The van der Waals surface area contributed by atoms with Crippen LogP contribution in [0, 0.1) is 6.92 Å². The summed E-state index contributed by atoms with van der Waals surface area (Å²) in [5.74, 6) is 0.747. The lowest BCUT2D eigenvalue weighted by atomic mass is 9.83. The van der Waals surface area contributed by atoms with E-state index in [0.717, 1.165) is 17.1 Å². The van der Waals surface area contributed by atoms with Crippen LogP contribution >= 0.6 is 11.8 Å². The summed E-state index contributed by atoms with van der Waals surface area (Å²) in [6.45, 7) is 6.15. The molecule has 0 fully saturated rings. The number of likely N-dealkylation sites (N-methyl/N-ethyl adjacent to an activating group) is 1. The summed E-state index contributed by atoms with van der Waals surface area (Å²) in [5, 5.41) is 0.534. The van der Waals surface area contributed by atoms with E-state index in [2.05, 4.69) is 40.8 Å². The van der Waals surface area contributed by atoms with Gasteiger partial charge in [0.2, 0.25) is 0 Å². The molecule has 0 atom stereocenters. The standard InChI is InChI=1S/C19H22N4OS/c1-12-9-17(20)22-18(21-12)25-11-13(24)10-16-19(2,3)14-7-5-6-8-15(14)23(16)4/h5-10H,11H2,1-4H3,(H2,20,21,22)/b16-10-. The molecule has 0 bridgehead atoms. The van der Waals surface area contributed by atoms with Crippen LogP contribution in [-0.4, -0.2) is 28.6 Å². The van der Waals surface area contributed by atoms with Gasteiger partial charge in [0.05, 0.1) is 5.75 Å². The number of anilines is 2. The summed E-state index contributed by atoms with van der Waals surface area (Å²) in [6.07, 6.45) is 1.74. The number of carbonyl (C=O) groups is 1. The number of allylic oxidation sites excluding steroid dienone is 2. The molecule has 2 N–H and O–H groups in total. The van der Waals surface area contributed by atoms with Crippen LogP contribution in [0.3, 0.4) is 0 Å². The molecule has 0 aliphatic carbocycles. The highest BCUT2D eigenvalue weighted by Crippen LogP contribution is 2.46. The molecule has 0 radical (unpaired) electrons. The lowest BCUT2D eigenvalue weighted by Crippen LogP contribution is -2.24. The Morgan fingerprint density at radius 3 is 2.72 bits per heavy atom. The van der Waals surface area contributed by atoms with Crippen molar-refractivity contribution in [3.8, 4) is 0 Å². The van der Waals surface area contributed by atoms with E-state index in [1.54, 1.807) is 12.1 Å². The van der Waals surface area contributed by atoms with Gasteiger partial charge in [0.1, 0.15) is 5.82 Å². The summed E-state index contributed by atoms with van der Waals surface area (Å²) in [6, 6.07) is 9.97. The Labute approximate surface area is 152 Å². The van der Waals surface area contributed by atoms with Crippen molar-refractivity contribution in [1.82, 2.24) is 9.97 Å². The largest absolute Gasteiger partial charge is 0.384 e. The smallest absolute Gasteiger partial charge is 0.190 e. The van der Waals surface area contributed by atoms with Crippen LogP contribution in [0.5, 0.6) is 0 Å². The van der Waals surface area contributed by atoms with E-state index in [0.29, 0.717) is 11.0 Å². The summed E-state index contributed by atoms with van der Waals surface area (Å²) < 4.78 is 0. The molecular formula is C19H22N4OS. The number of rotatable bonds is 4. The zero-order valence-electron chi connectivity index (χ0n) is 14.9. The number of carbonyl (C=O) groups excluding carboxylic acids is 1. The highest BCUT2D eigenvalue weighted by atomic mass is 32.2. The van der Waals surface area contributed by atoms with Gasteiger partial charge < -0.3 is 10.6 Å². The summed E-state index contributed by atoms with van der Waals surface area (Å²) >= 11 is 1.31. The van der Waals surface area contributed by atoms with Crippen molar-refractivity contribution in [3.05, 3.63) is 53.4 Å². The van der Waals surface area contributed by atoms with Crippen molar-refractivity contribution in [2.45, 2.75) is 31.3 Å². The van der Waals surface area contributed by atoms with Crippen LogP contribution in [0.1, 0.15) is 25.1 Å². The Balaban J connectivity index is 1.78. The van der Waals surface area contributed by atoms with Crippen molar-refractivity contribution in [3.63, 3.8) is 0 Å². The van der Waals surface area contributed by atoms with Gasteiger partial charge in [-0.1, -0.05) is 43.8 Å². The van der Waals surface area contributed by atoms with E-state index < -0.39 is 0 Å². The summed E-state index contributed by atoms with van der Waals surface area (Å²) in [5.41, 5.74) is 9.72. The van der Waals surface area contributed by atoms with Crippen molar-refractivity contribution in [2.75, 3.05) is 23.4 Å². The van der Waals surface area contributed by atoms with E-state index in [1.165, 1.54) is 17.3 Å². The second kappa shape index (κ2) is 6.52. The number of nitrogens with two attached hydrogens (primary N) is 1. The molecule has 2 heterocycles. The van der Waals surface area contributed by atoms with E-state index in [1.807, 2.05) is 26.1 Å². The number of hydrogen-bond donors (Lipinski definition) is 1. The first-order valence-electron chi connectivity index (χ1n) is 8.11. The quantitative estimate of drug-likeness (QED) is 0.516. The fourth-order valence-electron chi connectivity index (χ4n) is 3.22. The van der Waals surface area contributed by atoms with Gasteiger partial charge in [-0.3, -0.25) is 4.79 Å². The second-order valence-corrected chi connectivity index (χ2v) is 7.64. The highest BCUT2D eigenvalue weighted by molar-refractivity contribution is 7.99. The van der Waals surface area contributed by atoms with Crippen molar-refractivity contribution >= 4 is 29.1 Å². The molecule has 2 aromatic rings. The normalized spacial score (nSPS) is 17.0. The van der Waals surface area contributed by atoms with E-state index in [4.69, 9.17) is 5.73 Å². The molecule has 0 unspecified atom stereocenters. The maximum Gasteiger partial charge on any atom is 0.190 e. The van der Waals surface area contributed by atoms with Crippen LogP contribution in [0.2, 0.25) is 0 Å². The summed E-state index contributed by atoms with van der Waals surface area (Å²) in [7, 11) is 2.00. The molecule has 25 heavy (non-hydrogen) atoms. The predicted molar refractivity (Wildman–Crippen MR) is 103 cm³/mol. The van der Waals surface area contributed by atoms with Gasteiger partial charge in [0.15, 0.2) is 10.9 Å². The molecule has 1 aromatic heterocycles. The zero-order chi connectivity index (χ0) is 18.2. The van der Waals surface area contributed by atoms with E-state index in [-0.39, 0.29) is 17.0 Å². The number of fused-ring (bicyclic) bond motifs is 1. The van der Waals surface area contributed by atoms with Crippen molar-refractivity contribution in [2.24, 2.45) is 0 Å². The molecule has 3 rings (SSSR count). The average molecular weight is 354 g/mol. The first kappa shape index (κ1) is 17.5. The average Bonchev–Trinajstić information content (AvgIpc) is 2.74. The molecule has 6 heteroatoms. The van der Waals surface area contributed by atoms with Crippen LogP contribution in [0.25, 0.3) is 0 Å². The van der Waals surface area contributed by atoms with E-state index in [9.17, 15) is 4.79 Å². The number of nitrogen functional groups attached to an aromatic ring is 1. The SMILES string of the molecule is Cc1cc(N)nc(SCC(=O)/C=C2\N(C)c3ccccc3C2(C)C)n1. The first-order valence-corrected chi connectivity index (χ1v) is 9.10. The minimum Gasteiger partial charge on any atom is -0.384 e. The van der Waals surface area contributed by atoms with Crippen molar-refractivity contribution < 1.29 is 4.79 Å². The van der Waals surface area contributed by atoms with Crippen LogP contribution in [0.15, 0.2) is 47.3 Å². The van der Waals surface area contributed by atoms with Gasteiger partial charge in [0, 0.05) is 41.7 Å². The van der Waals surface area contributed by atoms with Crippen LogP contribution in [0.4, 0.5) is 11.5 Å². The highest BCUT2D eigenvalue weighted by Gasteiger charge is 2.38. The Morgan fingerprint density at radius 2 is 2.04 bits per heavy atom. The molecule has 0 saturated carbocycles. The van der Waals surface area contributed by atoms with Gasteiger partial charge in [-0.05, 0) is 18.6 Å². The number of benzene rings is 1. The molecular weight excluding hydrogens is 332 g/mol. The lowest BCUT2D eigenvalue weighted by Gasteiger charge is -2.23. The number of thioether (sulfide) groups is 1. The third-order valence-corrected chi connectivity index (χ3v) is 5.30. The van der Waals surface area contributed by atoms with Gasteiger partial charge in [-0.15, -0.1) is 0 Å². The predicted octanol–water partition coefficient (Wildman–Crippen LogP) is 3.34. The fourth-order valence-corrected chi connectivity index (χ4v) is 3.95. The number of para-hydroxylation sites is 1.